The maximum absolute atomic E-state index is 11.8. The van der Waals surface area contributed by atoms with Crippen LogP contribution in [0.15, 0.2) is 18.2 Å². The van der Waals surface area contributed by atoms with Crippen molar-refractivity contribution in [3.05, 3.63) is 29.3 Å². The molecule has 2 N–H and O–H groups in total. The van der Waals surface area contributed by atoms with Crippen molar-refractivity contribution in [1.29, 1.82) is 0 Å². The van der Waals surface area contributed by atoms with Gasteiger partial charge in [0.1, 0.15) is 0 Å². The molecule has 0 aliphatic rings. The van der Waals surface area contributed by atoms with Gasteiger partial charge in [0.25, 0.3) is 5.91 Å². The predicted molar refractivity (Wildman–Crippen MR) is 68.0 cm³/mol. The van der Waals surface area contributed by atoms with E-state index in [1.807, 2.05) is 32.2 Å². The molecule has 0 radical (unpaired) electrons. The molecule has 0 aromatic heterocycles. The number of nitrogens with one attached hydrogen (secondary N) is 2. The van der Waals surface area contributed by atoms with Gasteiger partial charge in [-0.15, -0.1) is 0 Å². The van der Waals surface area contributed by atoms with Crippen molar-refractivity contribution in [3.63, 3.8) is 0 Å². The smallest absolute Gasteiger partial charge is 0.251 e. The summed E-state index contributed by atoms with van der Waals surface area (Å²) in [5.41, 5.74) is 2.79. The summed E-state index contributed by atoms with van der Waals surface area (Å²) in [6.07, 6.45) is 2.12. The number of hydrogen-bond acceptors (Lipinski definition) is 2. The Balaban J connectivity index is 2.68. The number of amides is 1. The topological polar surface area (TPSA) is 41.1 Å². The Morgan fingerprint density at radius 1 is 1.38 bits per heavy atom. The normalized spacial score (nSPS) is 9.94. The lowest BCUT2D eigenvalue weighted by atomic mass is 10.1. The SMILES string of the molecule is CCCCNC(=O)c1ccc(NC)cc1C. The summed E-state index contributed by atoms with van der Waals surface area (Å²) in [7, 11) is 1.87. The lowest BCUT2D eigenvalue weighted by Gasteiger charge is -2.09. The summed E-state index contributed by atoms with van der Waals surface area (Å²) in [6, 6.07) is 5.76. The predicted octanol–water partition coefficient (Wildman–Crippen LogP) is 2.57. The summed E-state index contributed by atoms with van der Waals surface area (Å²) in [5.74, 6) is 0.0219. The summed E-state index contributed by atoms with van der Waals surface area (Å²) in [5, 5.41) is 5.97. The van der Waals surface area contributed by atoms with E-state index in [-0.39, 0.29) is 5.91 Å². The van der Waals surface area contributed by atoms with Crippen LogP contribution in [0.1, 0.15) is 35.7 Å². The number of anilines is 1. The third-order valence-corrected chi connectivity index (χ3v) is 2.58. The van der Waals surface area contributed by atoms with Crippen LogP contribution in [0.4, 0.5) is 5.69 Å². The average Bonchev–Trinajstić information content (AvgIpc) is 2.29. The van der Waals surface area contributed by atoms with E-state index >= 15 is 0 Å². The molecule has 1 rings (SSSR count). The van der Waals surface area contributed by atoms with Crippen molar-refractivity contribution < 1.29 is 4.79 Å². The van der Waals surface area contributed by atoms with Crippen molar-refractivity contribution in [2.75, 3.05) is 18.9 Å². The van der Waals surface area contributed by atoms with Gasteiger partial charge in [-0.3, -0.25) is 4.79 Å². The van der Waals surface area contributed by atoms with Gasteiger partial charge >= 0.3 is 0 Å². The van der Waals surface area contributed by atoms with Crippen molar-refractivity contribution in [1.82, 2.24) is 5.32 Å². The van der Waals surface area contributed by atoms with Crippen LogP contribution in [0.2, 0.25) is 0 Å². The molecular formula is C13H20N2O. The average molecular weight is 220 g/mol. The highest BCUT2D eigenvalue weighted by Gasteiger charge is 2.07. The quantitative estimate of drug-likeness (QED) is 0.749. The Bertz CT molecular complexity index is 361. The lowest BCUT2D eigenvalue weighted by molar-refractivity contribution is 0.0952. The Labute approximate surface area is 97.2 Å². The van der Waals surface area contributed by atoms with Gasteiger partial charge in [0.2, 0.25) is 0 Å². The maximum atomic E-state index is 11.8. The van der Waals surface area contributed by atoms with Crippen LogP contribution in [0.3, 0.4) is 0 Å². The second-order valence-electron chi connectivity index (χ2n) is 3.89. The van der Waals surface area contributed by atoms with Gasteiger partial charge in [0.15, 0.2) is 0 Å². The van der Waals surface area contributed by atoms with Crippen LogP contribution >= 0.6 is 0 Å². The van der Waals surface area contributed by atoms with Crippen molar-refractivity contribution in [3.8, 4) is 0 Å². The number of unbranched alkanes of at least 4 members (excludes halogenated alkanes) is 1. The molecule has 0 saturated carbocycles. The van der Waals surface area contributed by atoms with Gasteiger partial charge < -0.3 is 10.6 Å². The largest absolute Gasteiger partial charge is 0.388 e. The minimum atomic E-state index is 0.0219. The van der Waals surface area contributed by atoms with Crippen LogP contribution < -0.4 is 10.6 Å². The maximum Gasteiger partial charge on any atom is 0.251 e. The number of carbonyl (C=O) groups is 1. The highest BCUT2D eigenvalue weighted by molar-refractivity contribution is 5.96. The van der Waals surface area contributed by atoms with E-state index in [0.717, 1.165) is 36.2 Å². The molecule has 3 heteroatoms. The number of benzene rings is 1. The number of hydrogen-bond donors (Lipinski definition) is 2. The van der Waals surface area contributed by atoms with Crippen molar-refractivity contribution in [2.24, 2.45) is 0 Å². The molecule has 0 atom stereocenters. The van der Waals surface area contributed by atoms with E-state index in [2.05, 4.69) is 17.6 Å². The first-order valence-electron chi connectivity index (χ1n) is 5.75. The van der Waals surface area contributed by atoms with Crippen LogP contribution in [-0.2, 0) is 0 Å². The lowest BCUT2D eigenvalue weighted by Crippen LogP contribution is -2.25. The third-order valence-electron chi connectivity index (χ3n) is 2.58. The van der Waals surface area contributed by atoms with Gasteiger partial charge in [-0.2, -0.15) is 0 Å². The Morgan fingerprint density at radius 3 is 2.69 bits per heavy atom. The van der Waals surface area contributed by atoms with E-state index < -0.39 is 0 Å². The molecule has 3 nitrogen and oxygen atoms in total. The first-order chi connectivity index (χ1) is 7.69. The molecule has 0 aliphatic heterocycles. The zero-order valence-electron chi connectivity index (χ0n) is 10.3. The van der Waals surface area contributed by atoms with Crippen molar-refractivity contribution in [2.45, 2.75) is 26.7 Å². The highest BCUT2D eigenvalue weighted by Crippen LogP contribution is 2.14. The number of rotatable bonds is 5. The number of carbonyl (C=O) groups excluding carboxylic acids is 1. The zero-order valence-corrected chi connectivity index (χ0v) is 10.3. The Morgan fingerprint density at radius 2 is 2.12 bits per heavy atom. The fraction of sp³-hybridized carbons (Fsp3) is 0.462. The van der Waals surface area contributed by atoms with Gasteiger partial charge in [0.05, 0.1) is 0 Å². The fourth-order valence-corrected chi connectivity index (χ4v) is 1.55. The van der Waals surface area contributed by atoms with Gasteiger partial charge in [-0.25, -0.2) is 0 Å². The second kappa shape index (κ2) is 6.16. The monoisotopic (exact) mass is 220 g/mol. The molecule has 1 aromatic rings. The van der Waals surface area contributed by atoms with Crippen LogP contribution in [0, 0.1) is 6.92 Å². The van der Waals surface area contributed by atoms with E-state index in [1.54, 1.807) is 0 Å². The van der Waals surface area contributed by atoms with Gasteiger partial charge in [-0.05, 0) is 37.1 Å². The molecule has 0 fully saturated rings. The van der Waals surface area contributed by atoms with E-state index in [1.165, 1.54) is 0 Å². The minimum absolute atomic E-state index is 0.0219. The molecule has 16 heavy (non-hydrogen) atoms. The first-order valence-corrected chi connectivity index (χ1v) is 5.75. The van der Waals surface area contributed by atoms with Gasteiger partial charge in [0, 0.05) is 24.8 Å². The van der Waals surface area contributed by atoms with Crippen LogP contribution in [-0.4, -0.2) is 19.5 Å². The summed E-state index contributed by atoms with van der Waals surface area (Å²) in [4.78, 5) is 11.8. The minimum Gasteiger partial charge on any atom is -0.388 e. The zero-order chi connectivity index (χ0) is 12.0. The molecule has 0 unspecified atom stereocenters. The van der Waals surface area contributed by atoms with Gasteiger partial charge in [-0.1, -0.05) is 13.3 Å². The number of aryl methyl sites for hydroxylation is 1. The van der Waals surface area contributed by atoms with E-state index in [9.17, 15) is 4.79 Å². The Kier molecular flexibility index (Phi) is 4.83. The molecule has 1 aromatic carbocycles. The van der Waals surface area contributed by atoms with Crippen LogP contribution in [0.5, 0.6) is 0 Å². The second-order valence-corrected chi connectivity index (χ2v) is 3.89. The standard InChI is InChI=1S/C13H20N2O/c1-4-5-8-15-13(16)12-7-6-11(14-3)9-10(12)2/h6-7,9,14H,4-5,8H2,1-3H3,(H,15,16). The van der Waals surface area contributed by atoms with E-state index in [0.29, 0.717) is 0 Å². The summed E-state index contributed by atoms with van der Waals surface area (Å²) in [6.45, 7) is 4.82. The highest BCUT2D eigenvalue weighted by atomic mass is 16.1. The molecule has 1 amide bonds. The van der Waals surface area contributed by atoms with Crippen LogP contribution in [0.25, 0.3) is 0 Å². The molecule has 0 bridgehead atoms. The molecule has 0 spiro atoms. The van der Waals surface area contributed by atoms with E-state index in [4.69, 9.17) is 0 Å². The third kappa shape index (κ3) is 3.26. The first kappa shape index (κ1) is 12.6. The van der Waals surface area contributed by atoms with Crippen molar-refractivity contribution >= 4 is 11.6 Å². The fourth-order valence-electron chi connectivity index (χ4n) is 1.55. The Hall–Kier alpha value is -1.51. The molecule has 0 aliphatic carbocycles. The molecule has 0 heterocycles. The summed E-state index contributed by atoms with van der Waals surface area (Å²) < 4.78 is 0. The molecular weight excluding hydrogens is 200 g/mol. The molecule has 0 saturated heterocycles. The summed E-state index contributed by atoms with van der Waals surface area (Å²) >= 11 is 0. The molecule has 88 valence electrons.